The van der Waals surface area contributed by atoms with Crippen LogP contribution in [0.15, 0.2) is 42.5 Å². The molecule has 0 spiro atoms. The van der Waals surface area contributed by atoms with E-state index in [1.807, 2.05) is 30.3 Å². The van der Waals surface area contributed by atoms with Crippen molar-refractivity contribution in [3.63, 3.8) is 0 Å². The van der Waals surface area contributed by atoms with Crippen molar-refractivity contribution >= 4 is 5.78 Å². The number of benzene rings is 2. The third-order valence-electron chi connectivity index (χ3n) is 3.11. The van der Waals surface area contributed by atoms with Gasteiger partial charge in [-0.1, -0.05) is 30.3 Å². The first-order valence-corrected chi connectivity index (χ1v) is 5.89. The average molecular weight is 260 g/mol. The van der Waals surface area contributed by atoms with Gasteiger partial charge in [0, 0.05) is 6.07 Å². The maximum atomic E-state index is 13.7. The van der Waals surface area contributed by atoms with E-state index in [4.69, 9.17) is 4.74 Å². The van der Waals surface area contributed by atoms with Crippen LogP contribution in [0.3, 0.4) is 0 Å². The number of fused-ring (bicyclic) bond motifs is 1. The fraction of sp³-hybridized carbons (Fsp3) is 0.133. The average Bonchev–Trinajstić information content (AvgIpc) is 2.41. The van der Waals surface area contributed by atoms with E-state index in [2.05, 4.69) is 0 Å². The summed E-state index contributed by atoms with van der Waals surface area (Å²) in [7, 11) is 0. The maximum absolute atomic E-state index is 13.7. The fourth-order valence-electron chi connectivity index (χ4n) is 2.20. The molecule has 2 aromatic rings. The van der Waals surface area contributed by atoms with Gasteiger partial charge in [-0.25, -0.2) is 8.78 Å². The van der Waals surface area contributed by atoms with Gasteiger partial charge in [0.25, 0.3) is 0 Å². The molecule has 1 unspecified atom stereocenters. The second kappa shape index (κ2) is 4.46. The van der Waals surface area contributed by atoms with Crippen molar-refractivity contribution in [3.8, 4) is 5.75 Å². The minimum atomic E-state index is -0.844. The number of Topliss-reactive ketones (excluding diaryl/α,β-unsaturated/α-hetero) is 1. The van der Waals surface area contributed by atoms with E-state index in [-0.39, 0.29) is 23.5 Å². The highest BCUT2D eigenvalue weighted by Crippen LogP contribution is 2.37. The predicted octanol–water partition coefficient (Wildman–Crippen LogP) is 3.67. The number of ketones is 1. The number of ether oxygens (including phenoxy) is 1. The Bertz CT molecular complexity index is 638. The summed E-state index contributed by atoms with van der Waals surface area (Å²) in [6, 6.07) is 10.8. The van der Waals surface area contributed by atoms with Crippen LogP contribution in [-0.4, -0.2) is 5.78 Å². The third-order valence-corrected chi connectivity index (χ3v) is 3.11. The third kappa shape index (κ3) is 2.10. The normalized spacial score (nSPS) is 17.8. The smallest absolute Gasteiger partial charge is 0.170 e. The van der Waals surface area contributed by atoms with E-state index in [9.17, 15) is 13.6 Å². The van der Waals surface area contributed by atoms with Crippen LogP contribution in [0.25, 0.3) is 0 Å². The Morgan fingerprint density at radius 2 is 1.84 bits per heavy atom. The quantitative estimate of drug-likeness (QED) is 0.782. The first kappa shape index (κ1) is 11.8. The van der Waals surface area contributed by atoms with E-state index < -0.39 is 17.7 Å². The molecule has 1 aliphatic heterocycles. The van der Waals surface area contributed by atoms with Crippen molar-refractivity contribution in [3.05, 3.63) is 65.2 Å². The molecule has 1 heterocycles. The standard InChI is InChI=1S/C15H10F2O2/c16-10-6-11-13(18)8-14(9-4-2-1-3-5-9)19-15(11)12(17)7-10/h1-7,14H,8H2. The van der Waals surface area contributed by atoms with Crippen LogP contribution in [0.1, 0.15) is 28.4 Å². The molecule has 1 aliphatic rings. The number of carbonyl (C=O) groups is 1. The molecule has 0 saturated heterocycles. The van der Waals surface area contributed by atoms with Gasteiger partial charge in [0.1, 0.15) is 11.9 Å². The van der Waals surface area contributed by atoms with Crippen LogP contribution in [0.5, 0.6) is 5.75 Å². The molecule has 0 saturated carbocycles. The molecule has 0 N–H and O–H groups in total. The summed E-state index contributed by atoms with van der Waals surface area (Å²) >= 11 is 0. The number of halogens is 2. The zero-order valence-corrected chi connectivity index (χ0v) is 9.90. The Morgan fingerprint density at radius 1 is 1.11 bits per heavy atom. The van der Waals surface area contributed by atoms with Crippen LogP contribution in [0.4, 0.5) is 8.78 Å². The molecule has 2 nitrogen and oxygen atoms in total. The van der Waals surface area contributed by atoms with Gasteiger partial charge in [0.2, 0.25) is 0 Å². The van der Waals surface area contributed by atoms with Gasteiger partial charge in [0.15, 0.2) is 17.3 Å². The molecule has 0 fully saturated rings. The van der Waals surface area contributed by atoms with Crippen molar-refractivity contribution < 1.29 is 18.3 Å². The highest BCUT2D eigenvalue weighted by molar-refractivity contribution is 6.00. The molecule has 0 aromatic heterocycles. The van der Waals surface area contributed by atoms with Crippen molar-refractivity contribution in [1.82, 2.24) is 0 Å². The van der Waals surface area contributed by atoms with E-state index >= 15 is 0 Å². The molecule has 4 heteroatoms. The first-order chi connectivity index (χ1) is 9.15. The molecular weight excluding hydrogens is 250 g/mol. The Balaban J connectivity index is 2.03. The molecule has 0 bridgehead atoms. The van der Waals surface area contributed by atoms with Crippen LogP contribution < -0.4 is 4.74 Å². The molecule has 3 rings (SSSR count). The fourth-order valence-corrected chi connectivity index (χ4v) is 2.20. The van der Waals surface area contributed by atoms with Gasteiger partial charge in [-0.15, -0.1) is 0 Å². The lowest BCUT2D eigenvalue weighted by Crippen LogP contribution is -2.21. The minimum Gasteiger partial charge on any atom is -0.481 e. The molecule has 1 atom stereocenters. The van der Waals surface area contributed by atoms with Gasteiger partial charge in [-0.05, 0) is 11.6 Å². The molecule has 0 aliphatic carbocycles. The highest BCUT2D eigenvalue weighted by Gasteiger charge is 2.30. The van der Waals surface area contributed by atoms with Gasteiger partial charge in [0.05, 0.1) is 12.0 Å². The van der Waals surface area contributed by atoms with Gasteiger partial charge in [-0.2, -0.15) is 0 Å². The predicted molar refractivity (Wildman–Crippen MR) is 65.1 cm³/mol. The minimum absolute atomic E-state index is 0.0234. The number of rotatable bonds is 1. The zero-order valence-electron chi connectivity index (χ0n) is 9.90. The largest absolute Gasteiger partial charge is 0.481 e. The summed E-state index contributed by atoms with van der Waals surface area (Å²) in [6.45, 7) is 0. The molecule has 0 radical (unpaired) electrons. The summed E-state index contributed by atoms with van der Waals surface area (Å²) < 4.78 is 32.3. The van der Waals surface area contributed by atoms with E-state index in [1.165, 1.54) is 0 Å². The Morgan fingerprint density at radius 3 is 2.58 bits per heavy atom. The molecule has 2 aromatic carbocycles. The van der Waals surface area contributed by atoms with Crippen LogP contribution in [0.2, 0.25) is 0 Å². The molecule has 19 heavy (non-hydrogen) atoms. The Labute approximate surface area is 108 Å². The second-order valence-corrected chi connectivity index (χ2v) is 4.41. The van der Waals surface area contributed by atoms with E-state index in [1.54, 1.807) is 0 Å². The topological polar surface area (TPSA) is 26.3 Å². The van der Waals surface area contributed by atoms with Gasteiger partial charge < -0.3 is 4.74 Å². The van der Waals surface area contributed by atoms with Gasteiger partial charge in [-0.3, -0.25) is 4.79 Å². The Kier molecular flexibility index (Phi) is 2.78. The van der Waals surface area contributed by atoms with Crippen LogP contribution in [0, 0.1) is 11.6 Å². The van der Waals surface area contributed by atoms with Crippen molar-refractivity contribution in [2.24, 2.45) is 0 Å². The number of carbonyl (C=O) groups excluding carboxylic acids is 1. The lowest BCUT2D eigenvalue weighted by molar-refractivity contribution is 0.0838. The van der Waals surface area contributed by atoms with Crippen molar-refractivity contribution in [2.75, 3.05) is 0 Å². The summed E-state index contributed by atoms with van der Waals surface area (Å²) in [6.07, 6.45) is -0.443. The van der Waals surface area contributed by atoms with Crippen LogP contribution in [-0.2, 0) is 0 Å². The molecular formula is C15H10F2O2. The highest BCUT2D eigenvalue weighted by atomic mass is 19.1. The second-order valence-electron chi connectivity index (χ2n) is 4.41. The molecule has 0 amide bonds. The van der Waals surface area contributed by atoms with Crippen molar-refractivity contribution in [1.29, 1.82) is 0 Å². The maximum Gasteiger partial charge on any atom is 0.170 e. The lowest BCUT2D eigenvalue weighted by atomic mass is 9.96. The van der Waals surface area contributed by atoms with E-state index in [0.29, 0.717) is 0 Å². The zero-order chi connectivity index (χ0) is 13.4. The summed E-state index contributed by atoms with van der Waals surface area (Å²) in [4.78, 5) is 12.0. The lowest BCUT2D eigenvalue weighted by Gasteiger charge is -2.25. The molecule has 96 valence electrons. The first-order valence-electron chi connectivity index (χ1n) is 5.89. The summed E-state index contributed by atoms with van der Waals surface area (Å²) in [5.41, 5.74) is 0.773. The van der Waals surface area contributed by atoms with Gasteiger partial charge >= 0.3 is 0 Å². The Hall–Kier alpha value is -2.23. The van der Waals surface area contributed by atoms with Crippen LogP contribution >= 0.6 is 0 Å². The van der Waals surface area contributed by atoms with Crippen molar-refractivity contribution in [2.45, 2.75) is 12.5 Å². The number of hydrogen-bond donors (Lipinski definition) is 0. The SMILES string of the molecule is O=C1CC(c2ccccc2)Oc2c(F)cc(F)cc21. The number of hydrogen-bond acceptors (Lipinski definition) is 2. The summed E-state index contributed by atoms with van der Waals surface area (Å²) in [5.74, 6) is -2.09. The monoisotopic (exact) mass is 260 g/mol. The summed E-state index contributed by atoms with van der Waals surface area (Å²) in [5, 5.41) is 0. The van der Waals surface area contributed by atoms with E-state index in [0.717, 1.165) is 17.7 Å².